The molecular weight excluding hydrogens is 310 g/mol. The van der Waals surface area contributed by atoms with Gasteiger partial charge in [-0.3, -0.25) is 4.79 Å². The first-order chi connectivity index (χ1) is 11.7. The van der Waals surface area contributed by atoms with E-state index in [-0.39, 0.29) is 36.1 Å². The highest BCUT2D eigenvalue weighted by Crippen LogP contribution is 2.30. The van der Waals surface area contributed by atoms with Crippen LogP contribution in [0.15, 0.2) is 41.2 Å². The highest BCUT2D eigenvalue weighted by atomic mass is 16.5. The van der Waals surface area contributed by atoms with Crippen LogP contribution in [0.5, 0.6) is 5.75 Å². The number of hydrogen-bond donors (Lipinski definition) is 1. The second-order valence-electron chi connectivity index (χ2n) is 5.69. The lowest BCUT2D eigenvalue weighted by Gasteiger charge is -2.19. The molecule has 1 atom stereocenters. The molecule has 1 aromatic heterocycles. The molecule has 0 fully saturated rings. The normalized spacial score (nSPS) is 15.8. The number of methoxy groups -OCH3 is 1. The summed E-state index contributed by atoms with van der Waals surface area (Å²) in [5.41, 5.74) is 1.33. The molecule has 0 saturated carbocycles. The number of aliphatic hydroxyl groups excluding tert-OH is 1. The molecule has 2 aromatic rings. The molecule has 3 rings (SSSR count). The number of aryl methyl sites for hydroxylation is 1. The largest absolute Gasteiger partial charge is 0.482 e. The minimum Gasteiger partial charge on any atom is -0.482 e. The Hall–Kier alpha value is -2.60. The summed E-state index contributed by atoms with van der Waals surface area (Å²) in [6.45, 7) is 0.0567. The van der Waals surface area contributed by atoms with Gasteiger partial charge in [0.2, 0.25) is 5.43 Å². The van der Waals surface area contributed by atoms with Crippen molar-refractivity contribution in [3.8, 4) is 5.75 Å². The predicted molar refractivity (Wildman–Crippen MR) is 87.3 cm³/mol. The number of hydrogen-bond acceptors (Lipinski definition) is 5. The van der Waals surface area contributed by atoms with E-state index in [0.29, 0.717) is 18.5 Å². The zero-order chi connectivity index (χ0) is 17.1. The van der Waals surface area contributed by atoms with Crippen molar-refractivity contribution in [1.82, 2.24) is 4.57 Å². The number of ether oxygens (including phenoxy) is 2. The third-order valence-corrected chi connectivity index (χ3v) is 4.20. The Bertz CT molecular complexity index is 797. The van der Waals surface area contributed by atoms with Gasteiger partial charge in [0.15, 0.2) is 11.4 Å². The Labute approximate surface area is 139 Å². The molecule has 6 heteroatoms. The van der Waals surface area contributed by atoms with E-state index in [4.69, 9.17) is 9.47 Å². The van der Waals surface area contributed by atoms with Crippen molar-refractivity contribution in [1.29, 1.82) is 0 Å². The molecule has 6 nitrogen and oxygen atoms in total. The van der Waals surface area contributed by atoms with E-state index in [1.165, 1.54) is 13.2 Å². The summed E-state index contributed by atoms with van der Waals surface area (Å²) >= 11 is 0. The van der Waals surface area contributed by atoms with E-state index in [1.807, 2.05) is 30.3 Å². The summed E-state index contributed by atoms with van der Waals surface area (Å²) in [6.07, 6.45) is 1.30. The quantitative estimate of drug-likeness (QED) is 0.845. The van der Waals surface area contributed by atoms with Gasteiger partial charge in [-0.15, -0.1) is 0 Å². The number of carbonyl (C=O) groups excluding carboxylic acids is 1. The van der Waals surface area contributed by atoms with E-state index in [2.05, 4.69) is 0 Å². The first-order valence-electron chi connectivity index (χ1n) is 7.80. The van der Waals surface area contributed by atoms with Crippen LogP contribution in [0, 0.1) is 0 Å². The first-order valence-corrected chi connectivity index (χ1v) is 7.80. The fourth-order valence-electron chi connectivity index (χ4n) is 3.04. The smallest absolute Gasteiger partial charge is 0.358 e. The molecule has 0 saturated heterocycles. The van der Waals surface area contributed by atoms with Gasteiger partial charge >= 0.3 is 5.97 Å². The second kappa shape index (κ2) is 6.88. The van der Waals surface area contributed by atoms with Crippen molar-refractivity contribution in [3.63, 3.8) is 0 Å². The van der Waals surface area contributed by atoms with Crippen molar-refractivity contribution >= 4 is 5.97 Å². The monoisotopic (exact) mass is 329 g/mol. The number of pyridine rings is 1. The highest BCUT2D eigenvalue weighted by molar-refractivity contribution is 5.90. The maximum Gasteiger partial charge on any atom is 0.358 e. The van der Waals surface area contributed by atoms with Gasteiger partial charge in [0.1, 0.15) is 6.61 Å². The lowest BCUT2D eigenvalue weighted by Crippen LogP contribution is -2.25. The Kier molecular flexibility index (Phi) is 4.66. The Balaban J connectivity index is 2.04. The summed E-state index contributed by atoms with van der Waals surface area (Å²) < 4.78 is 12.2. The van der Waals surface area contributed by atoms with Crippen molar-refractivity contribution in [2.45, 2.75) is 25.5 Å². The van der Waals surface area contributed by atoms with Crippen molar-refractivity contribution in [3.05, 3.63) is 63.6 Å². The lowest BCUT2D eigenvalue weighted by molar-refractivity contribution is 0.0576. The van der Waals surface area contributed by atoms with Crippen LogP contribution in [-0.2, 0) is 17.8 Å². The molecule has 126 valence electrons. The molecule has 2 heterocycles. The SMILES string of the molecule is COC(=O)c1c(OCc2ccccc2)c(=O)cc2n1C(CO)CC2. The van der Waals surface area contributed by atoms with Crippen LogP contribution in [0.3, 0.4) is 0 Å². The van der Waals surface area contributed by atoms with Gasteiger partial charge in [0.05, 0.1) is 19.8 Å². The molecule has 0 amide bonds. The number of aromatic nitrogens is 1. The van der Waals surface area contributed by atoms with E-state index < -0.39 is 5.97 Å². The van der Waals surface area contributed by atoms with Crippen LogP contribution in [0.1, 0.15) is 34.2 Å². The van der Waals surface area contributed by atoms with Crippen LogP contribution in [-0.4, -0.2) is 29.4 Å². The van der Waals surface area contributed by atoms with Gasteiger partial charge in [-0.25, -0.2) is 4.79 Å². The zero-order valence-corrected chi connectivity index (χ0v) is 13.4. The number of fused-ring (bicyclic) bond motifs is 1. The summed E-state index contributed by atoms with van der Waals surface area (Å²) in [5, 5.41) is 9.57. The van der Waals surface area contributed by atoms with Gasteiger partial charge < -0.3 is 19.1 Å². The van der Waals surface area contributed by atoms with E-state index in [1.54, 1.807) is 4.57 Å². The van der Waals surface area contributed by atoms with Crippen LogP contribution in [0.25, 0.3) is 0 Å². The first kappa shape index (κ1) is 16.3. The van der Waals surface area contributed by atoms with Crippen LogP contribution in [0.2, 0.25) is 0 Å². The van der Waals surface area contributed by atoms with Crippen molar-refractivity contribution in [2.75, 3.05) is 13.7 Å². The zero-order valence-electron chi connectivity index (χ0n) is 13.4. The number of benzene rings is 1. The van der Waals surface area contributed by atoms with E-state index in [0.717, 1.165) is 5.56 Å². The summed E-state index contributed by atoms with van der Waals surface area (Å²) in [6, 6.07) is 10.6. The number of esters is 1. The number of rotatable bonds is 5. The molecule has 1 unspecified atom stereocenters. The van der Waals surface area contributed by atoms with Gasteiger partial charge in [0, 0.05) is 11.8 Å². The Morgan fingerprint density at radius 2 is 2.08 bits per heavy atom. The van der Waals surface area contributed by atoms with E-state index >= 15 is 0 Å². The molecule has 1 N–H and O–H groups in total. The molecule has 24 heavy (non-hydrogen) atoms. The maximum absolute atomic E-state index is 12.4. The molecule has 0 spiro atoms. The minimum atomic E-state index is -0.641. The topological polar surface area (TPSA) is 77.8 Å². The Morgan fingerprint density at radius 3 is 2.75 bits per heavy atom. The van der Waals surface area contributed by atoms with Crippen LogP contribution >= 0.6 is 0 Å². The molecule has 1 aliphatic rings. The third kappa shape index (κ3) is 2.92. The van der Waals surface area contributed by atoms with Crippen LogP contribution in [0.4, 0.5) is 0 Å². The third-order valence-electron chi connectivity index (χ3n) is 4.20. The average Bonchev–Trinajstić information content (AvgIpc) is 3.02. The van der Waals surface area contributed by atoms with Crippen molar-refractivity contribution < 1.29 is 19.4 Å². The second-order valence-corrected chi connectivity index (χ2v) is 5.69. The fourth-order valence-corrected chi connectivity index (χ4v) is 3.04. The van der Waals surface area contributed by atoms with Gasteiger partial charge in [0.25, 0.3) is 0 Å². The number of carbonyl (C=O) groups is 1. The summed E-state index contributed by atoms with van der Waals surface area (Å²) in [5.74, 6) is -0.674. The average molecular weight is 329 g/mol. The maximum atomic E-state index is 12.4. The number of aliphatic hydroxyl groups is 1. The molecule has 1 aromatic carbocycles. The van der Waals surface area contributed by atoms with E-state index in [9.17, 15) is 14.7 Å². The molecule has 0 aliphatic carbocycles. The highest BCUT2D eigenvalue weighted by Gasteiger charge is 2.31. The molecular formula is C18H19NO5. The molecule has 1 aliphatic heterocycles. The van der Waals surface area contributed by atoms with Crippen LogP contribution < -0.4 is 10.2 Å². The fraction of sp³-hybridized carbons (Fsp3) is 0.333. The minimum absolute atomic E-state index is 0.0326. The Morgan fingerprint density at radius 1 is 1.33 bits per heavy atom. The molecule has 0 radical (unpaired) electrons. The van der Waals surface area contributed by atoms with Gasteiger partial charge in [-0.1, -0.05) is 30.3 Å². The molecule has 0 bridgehead atoms. The summed E-state index contributed by atoms with van der Waals surface area (Å²) in [4.78, 5) is 24.7. The van der Waals surface area contributed by atoms with Crippen molar-refractivity contribution in [2.24, 2.45) is 0 Å². The predicted octanol–water partition coefficient (Wildman–Crippen LogP) is 1.69. The van der Waals surface area contributed by atoms with Gasteiger partial charge in [-0.05, 0) is 18.4 Å². The number of nitrogens with zero attached hydrogens (tertiary/aromatic N) is 1. The lowest BCUT2D eigenvalue weighted by atomic mass is 10.2. The summed E-state index contributed by atoms with van der Waals surface area (Å²) in [7, 11) is 1.26. The standard InChI is InChI=1S/C18H19NO5/c1-23-18(22)16-17(24-11-12-5-3-2-4-6-12)15(21)9-13-7-8-14(10-20)19(13)16/h2-6,9,14,20H,7-8,10-11H2,1H3. The van der Waals surface area contributed by atoms with Gasteiger partial charge in [-0.2, -0.15) is 0 Å².